The third kappa shape index (κ3) is 3.21. The molecule has 3 rings (SSSR count). The zero-order chi connectivity index (χ0) is 14.7. The van der Waals surface area contributed by atoms with Gasteiger partial charge in [-0.2, -0.15) is 4.98 Å². The van der Waals surface area contributed by atoms with Crippen LogP contribution in [0.1, 0.15) is 24.2 Å². The van der Waals surface area contributed by atoms with Crippen LogP contribution in [-0.2, 0) is 13.0 Å². The van der Waals surface area contributed by atoms with Crippen LogP contribution in [0.15, 0.2) is 23.0 Å². The Morgan fingerprint density at radius 3 is 2.71 bits per heavy atom. The van der Waals surface area contributed by atoms with Gasteiger partial charge in [0.15, 0.2) is 5.82 Å². The molecule has 1 aliphatic heterocycles. The molecule has 2 aromatic rings. The molecule has 1 saturated heterocycles. The number of hydrogen-bond acceptors (Lipinski definition) is 6. The van der Waals surface area contributed by atoms with Crippen LogP contribution in [0, 0.1) is 6.92 Å². The van der Waals surface area contributed by atoms with E-state index in [1.165, 1.54) is 11.3 Å². The van der Waals surface area contributed by atoms with Crippen molar-refractivity contribution >= 4 is 5.69 Å². The molecule has 0 spiro atoms. The second kappa shape index (κ2) is 6.22. The van der Waals surface area contributed by atoms with E-state index >= 15 is 0 Å². The number of nitrogens with zero attached hydrogens (tertiary/aromatic N) is 5. The van der Waals surface area contributed by atoms with E-state index in [1.807, 2.05) is 19.3 Å². The second-order valence-corrected chi connectivity index (χ2v) is 5.38. The van der Waals surface area contributed by atoms with Crippen molar-refractivity contribution in [3.63, 3.8) is 0 Å². The molecule has 1 aliphatic rings. The lowest BCUT2D eigenvalue weighted by Crippen LogP contribution is -2.46. The number of anilines is 1. The lowest BCUT2D eigenvalue weighted by atomic mass is 10.2. The van der Waals surface area contributed by atoms with Gasteiger partial charge in [0.25, 0.3) is 0 Å². The molecule has 0 amide bonds. The summed E-state index contributed by atoms with van der Waals surface area (Å²) in [5, 5.41) is 4.02. The number of aryl methyl sites for hydroxylation is 2. The van der Waals surface area contributed by atoms with E-state index in [0.717, 1.165) is 50.9 Å². The Hall–Kier alpha value is -1.95. The molecular formula is C15H21N5O. The highest BCUT2D eigenvalue weighted by molar-refractivity contribution is 5.51. The first-order valence-corrected chi connectivity index (χ1v) is 7.45. The van der Waals surface area contributed by atoms with Gasteiger partial charge in [-0.25, -0.2) is 0 Å². The van der Waals surface area contributed by atoms with Gasteiger partial charge in [-0.05, 0) is 18.6 Å². The minimum atomic E-state index is 0.719. The molecule has 0 aliphatic carbocycles. The fourth-order valence-corrected chi connectivity index (χ4v) is 2.67. The predicted octanol–water partition coefficient (Wildman–Crippen LogP) is 1.66. The number of pyridine rings is 1. The molecule has 21 heavy (non-hydrogen) atoms. The van der Waals surface area contributed by atoms with Crippen molar-refractivity contribution in [3.05, 3.63) is 35.7 Å². The SMILES string of the molecule is CCc1nc(CN2CCN(c3ccncc3C)CC2)no1. The highest BCUT2D eigenvalue weighted by Crippen LogP contribution is 2.20. The lowest BCUT2D eigenvalue weighted by Gasteiger charge is -2.36. The fraction of sp³-hybridized carbons (Fsp3) is 0.533. The van der Waals surface area contributed by atoms with E-state index in [4.69, 9.17) is 4.52 Å². The molecule has 6 nitrogen and oxygen atoms in total. The van der Waals surface area contributed by atoms with Gasteiger partial charge in [-0.15, -0.1) is 0 Å². The van der Waals surface area contributed by atoms with Crippen LogP contribution in [-0.4, -0.2) is 46.2 Å². The van der Waals surface area contributed by atoms with Crippen molar-refractivity contribution in [3.8, 4) is 0 Å². The number of aromatic nitrogens is 3. The number of piperazine rings is 1. The van der Waals surface area contributed by atoms with E-state index in [0.29, 0.717) is 0 Å². The van der Waals surface area contributed by atoms with Crippen molar-refractivity contribution in [2.75, 3.05) is 31.1 Å². The van der Waals surface area contributed by atoms with Crippen LogP contribution in [0.25, 0.3) is 0 Å². The summed E-state index contributed by atoms with van der Waals surface area (Å²) < 4.78 is 5.16. The maximum absolute atomic E-state index is 5.16. The minimum Gasteiger partial charge on any atom is -0.369 e. The largest absolute Gasteiger partial charge is 0.369 e. The summed E-state index contributed by atoms with van der Waals surface area (Å²) >= 11 is 0. The Balaban J connectivity index is 1.56. The molecule has 1 fully saturated rings. The Kier molecular flexibility index (Phi) is 4.15. The van der Waals surface area contributed by atoms with Crippen LogP contribution in [0.2, 0.25) is 0 Å². The molecule has 2 aromatic heterocycles. The third-order valence-electron chi connectivity index (χ3n) is 3.88. The van der Waals surface area contributed by atoms with E-state index in [-0.39, 0.29) is 0 Å². The zero-order valence-electron chi connectivity index (χ0n) is 12.6. The second-order valence-electron chi connectivity index (χ2n) is 5.38. The molecule has 0 bridgehead atoms. The molecule has 0 radical (unpaired) electrons. The van der Waals surface area contributed by atoms with E-state index in [2.05, 4.69) is 37.9 Å². The smallest absolute Gasteiger partial charge is 0.226 e. The summed E-state index contributed by atoms with van der Waals surface area (Å²) in [6.45, 7) is 8.96. The Bertz CT molecular complexity index is 589. The van der Waals surface area contributed by atoms with Crippen molar-refractivity contribution in [1.29, 1.82) is 0 Å². The normalized spacial score (nSPS) is 16.4. The van der Waals surface area contributed by atoms with Crippen LogP contribution < -0.4 is 4.90 Å². The van der Waals surface area contributed by atoms with Gasteiger partial charge in [0.1, 0.15) is 0 Å². The molecule has 0 atom stereocenters. The average Bonchev–Trinajstić information content (AvgIpc) is 2.96. The fourth-order valence-electron chi connectivity index (χ4n) is 2.67. The average molecular weight is 287 g/mol. The van der Waals surface area contributed by atoms with E-state index in [9.17, 15) is 0 Å². The quantitative estimate of drug-likeness (QED) is 0.852. The third-order valence-corrected chi connectivity index (χ3v) is 3.88. The predicted molar refractivity (Wildman–Crippen MR) is 80.1 cm³/mol. The summed E-state index contributed by atoms with van der Waals surface area (Å²) in [5.74, 6) is 1.51. The number of hydrogen-bond donors (Lipinski definition) is 0. The summed E-state index contributed by atoms with van der Waals surface area (Å²) in [4.78, 5) is 13.3. The first-order chi connectivity index (χ1) is 10.3. The monoisotopic (exact) mass is 287 g/mol. The molecular weight excluding hydrogens is 266 g/mol. The maximum atomic E-state index is 5.16. The van der Waals surface area contributed by atoms with Crippen LogP contribution in [0.3, 0.4) is 0 Å². The van der Waals surface area contributed by atoms with Gasteiger partial charge in [0, 0.05) is 50.7 Å². The summed E-state index contributed by atoms with van der Waals surface area (Å²) in [7, 11) is 0. The molecule has 6 heteroatoms. The number of rotatable bonds is 4. The van der Waals surface area contributed by atoms with Crippen molar-refractivity contribution in [2.24, 2.45) is 0 Å². The van der Waals surface area contributed by atoms with Gasteiger partial charge in [0.2, 0.25) is 5.89 Å². The topological polar surface area (TPSA) is 58.3 Å². The zero-order valence-corrected chi connectivity index (χ0v) is 12.6. The summed E-state index contributed by atoms with van der Waals surface area (Å²) in [6, 6.07) is 2.09. The van der Waals surface area contributed by atoms with Crippen molar-refractivity contribution < 1.29 is 4.52 Å². The van der Waals surface area contributed by atoms with Crippen LogP contribution in [0.5, 0.6) is 0 Å². The van der Waals surface area contributed by atoms with E-state index < -0.39 is 0 Å². The molecule has 0 saturated carbocycles. The molecule has 0 aromatic carbocycles. The Morgan fingerprint density at radius 2 is 2.05 bits per heavy atom. The van der Waals surface area contributed by atoms with Gasteiger partial charge in [-0.1, -0.05) is 12.1 Å². The Labute approximate surface area is 124 Å². The van der Waals surface area contributed by atoms with Crippen molar-refractivity contribution in [1.82, 2.24) is 20.0 Å². The lowest BCUT2D eigenvalue weighted by molar-refractivity contribution is 0.240. The van der Waals surface area contributed by atoms with Gasteiger partial charge in [-0.3, -0.25) is 9.88 Å². The van der Waals surface area contributed by atoms with Gasteiger partial charge in [0.05, 0.1) is 6.54 Å². The van der Waals surface area contributed by atoms with Gasteiger partial charge >= 0.3 is 0 Å². The molecule has 0 N–H and O–H groups in total. The minimum absolute atomic E-state index is 0.719. The standard InChI is InChI=1S/C15H21N5O/c1-3-15-17-14(18-21-15)11-19-6-8-20(9-7-19)13-4-5-16-10-12(13)2/h4-5,10H,3,6-9,11H2,1-2H3. The molecule has 0 unspecified atom stereocenters. The summed E-state index contributed by atoms with van der Waals surface area (Å²) in [5.41, 5.74) is 2.52. The van der Waals surface area contributed by atoms with Crippen molar-refractivity contribution in [2.45, 2.75) is 26.8 Å². The highest BCUT2D eigenvalue weighted by atomic mass is 16.5. The van der Waals surface area contributed by atoms with E-state index in [1.54, 1.807) is 0 Å². The molecule has 112 valence electrons. The first-order valence-electron chi connectivity index (χ1n) is 7.45. The Morgan fingerprint density at radius 1 is 1.24 bits per heavy atom. The van der Waals surface area contributed by atoms with Gasteiger partial charge < -0.3 is 9.42 Å². The van der Waals surface area contributed by atoms with Crippen LogP contribution in [0.4, 0.5) is 5.69 Å². The maximum Gasteiger partial charge on any atom is 0.226 e. The molecule has 3 heterocycles. The highest BCUT2D eigenvalue weighted by Gasteiger charge is 2.19. The summed E-state index contributed by atoms with van der Waals surface area (Å²) in [6.07, 6.45) is 4.58. The van der Waals surface area contributed by atoms with Crippen LogP contribution >= 0.6 is 0 Å². The first kappa shape index (κ1) is 14.0.